The van der Waals surface area contributed by atoms with Gasteiger partial charge in [0.1, 0.15) is 5.82 Å². The van der Waals surface area contributed by atoms with Gasteiger partial charge in [-0.05, 0) is 19.8 Å². The van der Waals surface area contributed by atoms with E-state index in [0.717, 1.165) is 5.56 Å². The minimum absolute atomic E-state index is 0.107. The van der Waals surface area contributed by atoms with Crippen LogP contribution in [0.1, 0.15) is 24.8 Å². The van der Waals surface area contributed by atoms with Crippen molar-refractivity contribution in [3.63, 3.8) is 0 Å². The minimum Gasteiger partial charge on any atom is -0.370 e. The number of aryl methyl sites for hydroxylation is 1. The summed E-state index contributed by atoms with van der Waals surface area (Å²) in [5.74, 6) is 0.720. The number of rotatable bonds is 5. The van der Waals surface area contributed by atoms with Crippen molar-refractivity contribution >= 4 is 11.8 Å². The number of anilines is 2. The maximum atomic E-state index is 11.9. The number of unbranched alkanes of at least 4 members (excludes halogenated alkanes) is 1. The van der Waals surface area contributed by atoms with Gasteiger partial charge in [-0.3, -0.25) is 0 Å². The predicted molar refractivity (Wildman–Crippen MR) is 59.6 cm³/mol. The molecule has 0 saturated carbocycles. The molecule has 0 fully saturated rings. The second-order valence-corrected chi connectivity index (χ2v) is 3.76. The van der Waals surface area contributed by atoms with Crippen LogP contribution in [0.4, 0.5) is 24.9 Å². The molecule has 17 heavy (non-hydrogen) atoms. The van der Waals surface area contributed by atoms with Crippen molar-refractivity contribution in [2.45, 2.75) is 32.4 Å². The van der Waals surface area contributed by atoms with Crippen molar-refractivity contribution in [1.29, 1.82) is 0 Å². The van der Waals surface area contributed by atoms with E-state index in [-0.39, 0.29) is 12.4 Å². The van der Waals surface area contributed by atoms with Crippen LogP contribution in [0, 0.1) is 6.92 Å². The SMILES string of the molecule is Cc1cnc(N)nc1NCCCCC(F)(F)F. The summed E-state index contributed by atoms with van der Waals surface area (Å²) in [5.41, 5.74) is 6.22. The Bertz CT molecular complexity index is 365. The lowest BCUT2D eigenvalue weighted by Gasteiger charge is -2.09. The van der Waals surface area contributed by atoms with Gasteiger partial charge >= 0.3 is 6.18 Å². The first kappa shape index (κ1) is 13.5. The molecule has 0 aliphatic heterocycles. The zero-order valence-corrected chi connectivity index (χ0v) is 9.51. The largest absolute Gasteiger partial charge is 0.389 e. The number of nitrogens with zero attached hydrogens (tertiary/aromatic N) is 2. The Morgan fingerprint density at radius 3 is 2.71 bits per heavy atom. The highest BCUT2D eigenvalue weighted by Crippen LogP contribution is 2.22. The maximum absolute atomic E-state index is 11.9. The summed E-state index contributed by atoms with van der Waals surface area (Å²) in [6.07, 6.45) is -2.71. The molecule has 1 aromatic heterocycles. The van der Waals surface area contributed by atoms with Crippen LogP contribution in [0.15, 0.2) is 6.20 Å². The summed E-state index contributed by atoms with van der Waals surface area (Å²) in [6.45, 7) is 2.24. The van der Waals surface area contributed by atoms with Crippen LogP contribution in [0.5, 0.6) is 0 Å². The summed E-state index contributed by atoms with van der Waals surface area (Å²) >= 11 is 0. The number of alkyl halides is 3. The highest BCUT2D eigenvalue weighted by molar-refractivity contribution is 5.44. The molecular formula is C10H15F3N4. The van der Waals surface area contributed by atoms with Crippen molar-refractivity contribution in [2.75, 3.05) is 17.6 Å². The molecule has 0 saturated heterocycles. The van der Waals surface area contributed by atoms with Crippen molar-refractivity contribution in [3.8, 4) is 0 Å². The van der Waals surface area contributed by atoms with E-state index in [4.69, 9.17) is 5.73 Å². The molecule has 0 aliphatic carbocycles. The molecule has 0 bridgehead atoms. The average Bonchev–Trinajstić information content (AvgIpc) is 2.21. The fourth-order valence-corrected chi connectivity index (χ4v) is 1.29. The molecule has 1 aromatic rings. The van der Waals surface area contributed by atoms with E-state index in [0.29, 0.717) is 18.8 Å². The topological polar surface area (TPSA) is 63.8 Å². The van der Waals surface area contributed by atoms with Gasteiger partial charge in [0.25, 0.3) is 0 Å². The molecule has 96 valence electrons. The van der Waals surface area contributed by atoms with Crippen molar-refractivity contribution in [3.05, 3.63) is 11.8 Å². The Balaban J connectivity index is 2.29. The Kier molecular flexibility index (Phi) is 4.53. The van der Waals surface area contributed by atoms with E-state index < -0.39 is 12.6 Å². The minimum atomic E-state index is -4.07. The fraction of sp³-hybridized carbons (Fsp3) is 0.600. The Morgan fingerprint density at radius 1 is 1.35 bits per heavy atom. The second-order valence-electron chi connectivity index (χ2n) is 3.76. The number of halogens is 3. The van der Waals surface area contributed by atoms with Crippen LogP contribution in [-0.2, 0) is 0 Å². The molecule has 0 aromatic carbocycles. The third kappa shape index (κ3) is 5.37. The monoisotopic (exact) mass is 248 g/mol. The van der Waals surface area contributed by atoms with Gasteiger partial charge in [-0.25, -0.2) is 4.98 Å². The smallest absolute Gasteiger partial charge is 0.370 e. The van der Waals surface area contributed by atoms with E-state index in [1.807, 2.05) is 0 Å². The molecule has 1 heterocycles. The van der Waals surface area contributed by atoms with Gasteiger partial charge in [0.2, 0.25) is 5.95 Å². The van der Waals surface area contributed by atoms with Crippen molar-refractivity contribution in [2.24, 2.45) is 0 Å². The molecule has 4 nitrogen and oxygen atoms in total. The first-order valence-corrected chi connectivity index (χ1v) is 5.28. The van der Waals surface area contributed by atoms with Crippen molar-refractivity contribution in [1.82, 2.24) is 9.97 Å². The third-order valence-corrected chi connectivity index (χ3v) is 2.17. The number of aromatic nitrogens is 2. The number of nitrogens with one attached hydrogen (secondary N) is 1. The molecule has 0 aliphatic rings. The van der Waals surface area contributed by atoms with Crippen LogP contribution in [0.2, 0.25) is 0 Å². The normalized spacial score (nSPS) is 11.5. The molecule has 0 spiro atoms. The standard InChI is InChI=1S/C10H15F3N4/c1-7-6-16-9(14)17-8(7)15-5-3-2-4-10(11,12)13/h6H,2-5H2,1H3,(H3,14,15,16,17). The van der Waals surface area contributed by atoms with Gasteiger partial charge < -0.3 is 11.1 Å². The third-order valence-electron chi connectivity index (χ3n) is 2.17. The van der Waals surface area contributed by atoms with Gasteiger partial charge in [0.05, 0.1) is 0 Å². The Hall–Kier alpha value is -1.53. The van der Waals surface area contributed by atoms with E-state index in [1.165, 1.54) is 0 Å². The van der Waals surface area contributed by atoms with E-state index >= 15 is 0 Å². The number of nitrogen functional groups attached to an aromatic ring is 1. The van der Waals surface area contributed by atoms with Crippen LogP contribution in [0.25, 0.3) is 0 Å². The Morgan fingerprint density at radius 2 is 2.06 bits per heavy atom. The van der Waals surface area contributed by atoms with E-state index in [1.54, 1.807) is 13.1 Å². The van der Waals surface area contributed by atoms with Crippen molar-refractivity contribution < 1.29 is 13.2 Å². The maximum Gasteiger partial charge on any atom is 0.389 e. The lowest BCUT2D eigenvalue weighted by molar-refractivity contribution is -0.135. The van der Waals surface area contributed by atoms with Crippen LogP contribution >= 0.6 is 0 Å². The lowest BCUT2D eigenvalue weighted by Crippen LogP contribution is -2.10. The average molecular weight is 248 g/mol. The van der Waals surface area contributed by atoms with Crippen LogP contribution < -0.4 is 11.1 Å². The molecule has 0 unspecified atom stereocenters. The predicted octanol–water partition coefficient (Wildman–Crippen LogP) is 2.51. The van der Waals surface area contributed by atoms with Crippen LogP contribution in [-0.4, -0.2) is 22.7 Å². The summed E-state index contributed by atoms with van der Waals surface area (Å²) < 4.78 is 35.6. The quantitative estimate of drug-likeness (QED) is 0.786. The highest BCUT2D eigenvalue weighted by Gasteiger charge is 2.25. The van der Waals surface area contributed by atoms with Gasteiger partial charge in [0.15, 0.2) is 0 Å². The second kappa shape index (κ2) is 5.70. The highest BCUT2D eigenvalue weighted by atomic mass is 19.4. The molecule has 7 heteroatoms. The summed E-state index contributed by atoms with van der Waals surface area (Å²) in [4.78, 5) is 7.75. The number of hydrogen-bond acceptors (Lipinski definition) is 4. The number of nitrogens with two attached hydrogens (primary N) is 1. The zero-order valence-electron chi connectivity index (χ0n) is 9.51. The lowest BCUT2D eigenvalue weighted by atomic mass is 10.2. The summed E-state index contributed by atoms with van der Waals surface area (Å²) in [7, 11) is 0. The molecule has 0 atom stereocenters. The first-order valence-electron chi connectivity index (χ1n) is 5.28. The van der Waals surface area contributed by atoms with Gasteiger partial charge in [-0.1, -0.05) is 0 Å². The van der Waals surface area contributed by atoms with E-state index in [9.17, 15) is 13.2 Å². The summed E-state index contributed by atoms with van der Waals surface area (Å²) in [5, 5.41) is 2.94. The molecular weight excluding hydrogens is 233 g/mol. The van der Waals surface area contributed by atoms with Gasteiger partial charge in [-0.15, -0.1) is 0 Å². The molecule has 1 rings (SSSR count). The van der Waals surface area contributed by atoms with E-state index in [2.05, 4.69) is 15.3 Å². The van der Waals surface area contributed by atoms with Gasteiger partial charge in [-0.2, -0.15) is 18.2 Å². The zero-order chi connectivity index (χ0) is 12.9. The molecule has 0 radical (unpaired) electrons. The summed E-state index contributed by atoms with van der Waals surface area (Å²) in [6, 6.07) is 0. The molecule has 0 amide bonds. The van der Waals surface area contributed by atoms with Gasteiger partial charge in [0, 0.05) is 24.7 Å². The fourth-order valence-electron chi connectivity index (χ4n) is 1.29. The molecule has 3 N–H and O–H groups in total. The first-order chi connectivity index (χ1) is 7.88. The van der Waals surface area contributed by atoms with Crippen LogP contribution in [0.3, 0.4) is 0 Å². The number of hydrogen-bond donors (Lipinski definition) is 2. The Labute approximate surface area is 97.4 Å².